The van der Waals surface area contributed by atoms with Crippen LogP contribution in [-0.2, 0) is 20.7 Å². The van der Waals surface area contributed by atoms with Gasteiger partial charge in [0.15, 0.2) is 0 Å². The molecule has 1 aromatic carbocycles. The van der Waals surface area contributed by atoms with Crippen molar-refractivity contribution in [1.82, 2.24) is 4.90 Å². The fraction of sp³-hybridized carbons (Fsp3) is 0.583. The van der Waals surface area contributed by atoms with Gasteiger partial charge in [0, 0.05) is 25.3 Å². The summed E-state index contributed by atoms with van der Waals surface area (Å²) in [5, 5.41) is 10.4. The van der Waals surface area contributed by atoms with E-state index in [1.807, 2.05) is 35.2 Å². The van der Waals surface area contributed by atoms with Gasteiger partial charge in [-0.15, -0.1) is 5.92 Å². The second-order valence-electron chi connectivity index (χ2n) is 7.63. The Morgan fingerprint density at radius 2 is 2.07 bits per heavy atom. The van der Waals surface area contributed by atoms with Crippen molar-refractivity contribution in [2.45, 2.75) is 76.4 Å². The maximum absolute atomic E-state index is 12.5. The van der Waals surface area contributed by atoms with E-state index in [2.05, 4.69) is 16.6 Å². The lowest BCUT2D eigenvalue weighted by atomic mass is 9.98. The molecular weight excluding hydrogens is 366 g/mol. The van der Waals surface area contributed by atoms with Crippen molar-refractivity contribution in [3.8, 4) is 11.8 Å². The molecule has 158 valence electrons. The van der Waals surface area contributed by atoms with Crippen molar-refractivity contribution in [3.63, 3.8) is 0 Å². The van der Waals surface area contributed by atoms with Gasteiger partial charge >= 0.3 is 5.97 Å². The molecule has 0 bridgehead atoms. The summed E-state index contributed by atoms with van der Waals surface area (Å²) >= 11 is 0. The molecule has 1 fully saturated rings. The van der Waals surface area contributed by atoms with Crippen LogP contribution in [0.2, 0.25) is 0 Å². The van der Waals surface area contributed by atoms with Gasteiger partial charge in [0.1, 0.15) is 0 Å². The average molecular weight is 400 g/mol. The molecule has 29 heavy (non-hydrogen) atoms. The Labute approximate surface area is 174 Å². The summed E-state index contributed by atoms with van der Waals surface area (Å²) in [5.74, 6) is 6.12. The molecule has 0 radical (unpaired) electrons. The predicted octanol–water partition coefficient (Wildman–Crippen LogP) is 3.49. The van der Waals surface area contributed by atoms with Crippen molar-refractivity contribution in [1.29, 1.82) is 0 Å². The molecule has 1 aliphatic rings. The lowest BCUT2D eigenvalue weighted by Crippen LogP contribution is -2.39. The van der Waals surface area contributed by atoms with E-state index in [0.29, 0.717) is 45.1 Å². The number of nitrogens with zero attached hydrogens (tertiary/aromatic N) is 1. The smallest absolute Gasteiger partial charge is 0.305 e. The highest BCUT2D eigenvalue weighted by molar-refractivity contribution is 5.77. The summed E-state index contributed by atoms with van der Waals surface area (Å²) in [6, 6.07) is 10.1. The molecule has 0 saturated carbocycles. The van der Waals surface area contributed by atoms with Crippen LogP contribution in [0.25, 0.3) is 0 Å². The van der Waals surface area contributed by atoms with Crippen molar-refractivity contribution in [2.24, 2.45) is 0 Å². The largest absolute Gasteiger partial charge is 0.469 e. The Bertz CT molecular complexity index is 692. The highest BCUT2D eigenvalue weighted by Gasteiger charge is 2.26. The van der Waals surface area contributed by atoms with Crippen molar-refractivity contribution in [2.75, 3.05) is 13.7 Å². The lowest BCUT2D eigenvalue weighted by molar-refractivity contribution is -0.140. The topological polar surface area (TPSA) is 66.8 Å². The first-order valence-electron chi connectivity index (χ1n) is 10.6. The number of rotatable bonds is 9. The van der Waals surface area contributed by atoms with E-state index in [9.17, 15) is 14.7 Å². The summed E-state index contributed by atoms with van der Waals surface area (Å²) < 4.78 is 4.62. The molecule has 0 spiro atoms. The van der Waals surface area contributed by atoms with Gasteiger partial charge in [0.25, 0.3) is 0 Å². The number of esters is 1. The van der Waals surface area contributed by atoms with Gasteiger partial charge < -0.3 is 14.7 Å². The standard InChI is InChI=1S/C24H33NO4/c1-29-24(28)15-7-2-3-10-18-25-21(13-8-9-14-23(25)27)16-17-22(26)19-20-11-5-4-6-12-20/h4-6,11-12,21-22,26H,2,7-9,13-19H2,1H3. The van der Waals surface area contributed by atoms with E-state index in [0.717, 1.165) is 31.2 Å². The molecule has 5 heteroatoms. The van der Waals surface area contributed by atoms with Crippen LogP contribution in [0.5, 0.6) is 0 Å². The summed E-state index contributed by atoms with van der Waals surface area (Å²) in [6.45, 7) is 0.427. The van der Waals surface area contributed by atoms with Crippen LogP contribution in [0, 0.1) is 11.8 Å². The van der Waals surface area contributed by atoms with E-state index in [1.165, 1.54) is 7.11 Å². The van der Waals surface area contributed by atoms with Gasteiger partial charge in [-0.05, 0) is 44.1 Å². The average Bonchev–Trinajstić information content (AvgIpc) is 2.90. The molecule has 2 rings (SSSR count). The zero-order valence-electron chi connectivity index (χ0n) is 17.4. The number of carbonyl (C=O) groups is 2. The highest BCUT2D eigenvalue weighted by atomic mass is 16.5. The van der Waals surface area contributed by atoms with Crippen LogP contribution < -0.4 is 0 Å². The number of ether oxygens (including phenoxy) is 1. The first-order valence-corrected chi connectivity index (χ1v) is 10.6. The minimum Gasteiger partial charge on any atom is -0.469 e. The fourth-order valence-corrected chi connectivity index (χ4v) is 3.70. The zero-order chi connectivity index (χ0) is 20.9. The molecule has 1 saturated heterocycles. The Morgan fingerprint density at radius 3 is 2.83 bits per heavy atom. The molecule has 0 aliphatic carbocycles. The summed E-state index contributed by atoms with van der Waals surface area (Å²) in [4.78, 5) is 25.6. The van der Waals surface area contributed by atoms with E-state index in [4.69, 9.17) is 0 Å². The van der Waals surface area contributed by atoms with Gasteiger partial charge in [-0.2, -0.15) is 0 Å². The second kappa shape index (κ2) is 13.0. The maximum atomic E-state index is 12.5. The number of hydrogen-bond donors (Lipinski definition) is 1. The molecule has 2 unspecified atom stereocenters. The van der Waals surface area contributed by atoms with Gasteiger partial charge in [-0.1, -0.05) is 42.7 Å². The third-order valence-electron chi connectivity index (χ3n) is 5.37. The van der Waals surface area contributed by atoms with E-state index in [1.54, 1.807) is 0 Å². The summed E-state index contributed by atoms with van der Waals surface area (Å²) in [6.07, 6.45) is 6.87. The number of benzene rings is 1. The van der Waals surface area contributed by atoms with E-state index < -0.39 is 6.10 Å². The van der Waals surface area contributed by atoms with Gasteiger partial charge in [-0.25, -0.2) is 0 Å². The monoisotopic (exact) mass is 399 g/mol. The highest BCUT2D eigenvalue weighted by Crippen LogP contribution is 2.22. The second-order valence-corrected chi connectivity index (χ2v) is 7.63. The number of hydrogen-bond acceptors (Lipinski definition) is 4. The first-order chi connectivity index (χ1) is 14.1. The SMILES string of the molecule is COC(=O)CCCC#CCN1C(=O)CCCCC1CCC(O)Cc1ccccc1. The molecule has 0 aromatic heterocycles. The molecule has 2 atom stereocenters. The predicted molar refractivity (Wildman–Crippen MR) is 113 cm³/mol. The van der Waals surface area contributed by atoms with Crippen LogP contribution in [0.1, 0.15) is 63.4 Å². The zero-order valence-corrected chi connectivity index (χ0v) is 17.4. The molecule has 1 amide bonds. The minimum atomic E-state index is -0.401. The number of aliphatic hydroxyl groups excluding tert-OH is 1. The normalized spacial score (nSPS) is 17.8. The third-order valence-corrected chi connectivity index (χ3v) is 5.37. The minimum absolute atomic E-state index is 0.139. The van der Waals surface area contributed by atoms with Crippen LogP contribution in [0.3, 0.4) is 0 Å². The molecule has 1 aromatic rings. The Morgan fingerprint density at radius 1 is 1.28 bits per heavy atom. The van der Waals surface area contributed by atoms with Crippen LogP contribution in [-0.4, -0.2) is 47.7 Å². The number of methoxy groups -OCH3 is 1. The number of aliphatic hydroxyl groups is 1. The third kappa shape index (κ3) is 8.70. The molecule has 1 N–H and O–H groups in total. The van der Waals surface area contributed by atoms with Crippen molar-refractivity contribution >= 4 is 11.9 Å². The fourth-order valence-electron chi connectivity index (χ4n) is 3.70. The van der Waals surface area contributed by atoms with Gasteiger partial charge in [-0.3, -0.25) is 9.59 Å². The van der Waals surface area contributed by atoms with Crippen LogP contribution in [0.15, 0.2) is 30.3 Å². The van der Waals surface area contributed by atoms with Crippen LogP contribution >= 0.6 is 0 Å². The lowest BCUT2D eigenvalue weighted by Gasteiger charge is -2.29. The van der Waals surface area contributed by atoms with Gasteiger partial charge in [0.2, 0.25) is 5.91 Å². The summed E-state index contributed by atoms with van der Waals surface area (Å²) in [7, 11) is 1.38. The number of carbonyl (C=O) groups excluding carboxylic acids is 2. The Hall–Kier alpha value is -2.32. The number of unbranched alkanes of at least 4 members (excludes halogenated alkanes) is 1. The molecule has 1 aliphatic heterocycles. The van der Waals surface area contributed by atoms with Crippen LogP contribution in [0.4, 0.5) is 0 Å². The number of likely N-dealkylation sites (tertiary alicyclic amines) is 1. The quantitative estimate of drug-likeness (QED) is 0.392. The molecular formula is C24H33NO4. The van der Waals surface area contributed by atoms with Crippen molar-refractivity contribution in [3.05, 3.63) is 35.9 Å². The Balaban J connectivity index is 1.83. The molecule has 5 nitrogen and oxygen atoms in total. The Kier molecular flexibility index (Phi) is 10.3. The van der Waals surface area contributed by atoms with E-state index in [-0.39, 0.29) is 17.9 Å². The number of amides is 1. The van der Waals surface area contributed by atoms with E-state index >= 15 is 0 Å². The first kappa shape index (κ1) is 23.0. The van der Waals surface area contributed by atoms with Gasteiger partial charge in [0.05, 0.1) is 19.8 Å². The molecule has 1 heterocycles. The van der Waals surface area contributed by atoms with Crippen molar-refractivity contribution < 1.29 is 19.4 Å². The maximum Gasteiger partial charge on any atom is 0.305 e. The summed E-state index contributed by atoms with van der Waals surface area (Å²) in [5.41, 5.74) is 1.13.